The summed E-state index contributed by atoms with van der Waals surface area (Å²) in [6, 6.07) is 2.67. The summed E-state index contributed by atoms with van der Waals surface area (Å²) in [5.74, 6) is -0.379. The van der Waals surface area contributed by atoms with Gasteiger partial charge in [0.25, 0.3) is 5.91 Å². The van der Waals surface area contributed by atoms with Gasteiger partial charge >= 0.3 is 0 Å². The van der Waals surface area contributed by atoms with Gasteiger partial charge in [-0.2, -0.15) is 0 Å². The largest absolute Gasteiger partial charge is 0.481 e. The maximum absolute atomic E-state index is 12.9. The molecular formula is C11H10BrClFNO2. The van der Waals surface area contributed by atoms with Gasteiger partial charge in [0, 0.05) is 6.04 Å². The number of hydrogen-bond donors (Lipinski definition) is 1. The highest BCUT2D eigenvalue weighted by atomic mass is 79.9. The molecule has 6 heteroatoms. The summed E-state index contributed by atoms with van der Waals surface area (Å²) in [6.45, 7) is -0.125. The highest BCUT2D eigenvalue weighted by Gasteiger charge is 2.23. The molecule has 92 valence electrons. The van der Waals surface area contributed by atoms with E-state index >= 15 is 0 Å². The highest BCUT2D eigenvalue weighted by molar-refractivity contribution is 9.10. The molecule has 3 nitrogen and oxygen atoms in total. The van der Waals surface area contributed by atoms with Crippen molar-refractivity contribution in [2.24, 2.45) is 0 Å². The topological polar surface area (TPSA) is 38.3 Å². The summed E-state index contributed by atoms with van der Waals surface area (Å²) in [7, 11) is 0. The van der Waals surface area contributed by atoms with Crippen LogP contribution in [0.3, 0.4) is 0 Å². The Morgan fingerprint density at radius 1 is 1.59 bits per heavy atom. The van der Waals surface area contributed by atoms with E-state index in [0.717, 1.165) is 18.9 Å². The van der Waals surface area contributed by atoms with E-state index in [9.17, 15) is 9.18 Å². The maximum Gasteiger partial charge on any atom is 0.258 e. The fourth-order valence-electron chi connectivity index (χ4n) is 1.30. The van der Waals surface area contributed by atoms with Gasteiger partial charge in [-0.05, 0) is 40.9 Å². The molecule has 0 unspecified atom stereocenters. The Balaban J connectivity index is 1.95. The first-order valence-electron chi connectivity index (χ1n) is 5.13. The third-order valence-corrected chi connectivity index (χ3v) is 3.12. The third-order valence-electron chi connectivity index (χ3n) is 2.25. The van der Waals surface area contributed by atoms with E-state index in [1.807, 2.05) is 0 Å². The lowest BCUT2D eigenvalue weighted by atomic mass is 10.3. The van der Waals surface area contributed by atoms with Gasteiger partial charge in [0.2, 0.25) is 0 Å². The summed E-state index contributed by atoms with van der Waals surface area (Å²) < 4.78 is 18.6. The molecule has 0 atom stereocenters. The molecule has 0 bridgehead atoms. The molecule has 0 aliphatic heterocycles. The number of ether oxygens (including phenoxy) is 1. The lowest BCUT2D eigenvalue weighted by molar-refractivity contribution is -0.123. The average Bonchev–Trinajstić information content (AvgIpc) is 2.99. The van der Waals surface area contributed by atoms with Crippen molar-refractivity contribution in [3.05, 3.63) is 27.4 Å². The van der Waals surface area contributed by atoms with Gasteiger partial charge in [-0.1, -0.05) is 11.6 Å². The van der Waals surface area contributed by atoms with Crippen LogP contribution in [0.1, 0.15) is 12.8 Å². The molecule has 0 radical (unpaired) electrons. The SMILES string of the molecule is O=C(COc1c(Cl)cc(F)cc1Br)NC1CC1. The smallest absolute Gasteiger partial charge is 0.258 e. The van der Waals surface area contributed by atoms with Gasteiger partial charge in [-0.3, -0.25) is 4.79 Å². The minimum Gasteiger partial charge on any atom is -0.481 e. The molecule has 1 aliphatic carbocycles. The number of carbonyl (C=O) groups excluding carboxylic acids is 1. The molecule has 1 N–H and O–H groups in total. The van der Waals surface area contributed by atoms with Crippen molar-refractivity contribution in [1.82, 2.24) is 5.32 Å². The van der Waals surface area contributed by atoms with Crippen LogP contribution >= 0.6 is 27.5 Å². The number of carbonyl (C=O) groups is 1. The van der Waals surface area contributed by atoms with E-state index in [0.29, 0.717) is 10.5 Å². The fourth-order valence-corrected chi connectivity index (χ4v) is 2.22. The Hall–Kier alpha value is -0.810. The lowest BCUT2D eigenvalue weighted by Crippen LogP contribution is -2.30. The predicted octanol–water partition coefficient (Wildman–Crippen LogP) is 2.90. The first kappa shape index (κ1) is 12.6. The molecule has 1 saturated carbocycles. The third kappa shape index (κ3) is 3.57. The van der Waals surface area contributed by atoms with E-state index in [-0.39, 0.29) is 23.3 Å². The Labute approximate surface area is 111 Å². The normalized spacial score (nSPS) is 14.5. The molecule has 0 heterocycles. The van der Waals surface area contributed by atoms with Crippen LogP contribution < -0.4 is 10.1 Å². The van der Waals surface area contributed by atoms with E-state index in [2.05, 4.69) is 21.2 Å². The molecule has 1 aliphatic rings. The maximum atomic E-state index is 12.9. The number of rotatable bonds is 4. The van der Waals surface area contributed by atoms with Gasteiger partial charge in [0.05, 0.1) is 9.50 Å². The van der Waals surface area contributed by atoms with Crippen LogP contribution in [0.5, 0.6) is 5.75 Å². The zero-order valence-corrected chi connectivity index (χ0v) is 11.1. The van der Waals surface area contributed by atoms with Gasteiger partial charge in [-0.25, -0.2) is 4.39 Å². The zero-order valence-electron chi connectivity index (χ0n) is 8.80. The van der Waals surface area contributed by atoms with Crippen molar-refractivity contribution in [2.75, 3.05) is 6.61 Å². The van der Waals surface area contributed by atoms with Crippen LogP contribution in [0, 0.1) is 5.82 Å². The standard InChI is InChI=1S/C11H10BrClFNO2/c12-8-3-6(14)4-9(13)11(8)17-5-10(16)15-7-1-2-7/h3-4,7H,1-2,5H2,(H,15,16). The molecule has 1 aromatic carbocycles. The molecule has 0 spiro atoms. The monoisotopic (exact) mass is 321 g/mol. The molecule has 1 amide bonds. The molecular weight excluding hydrogens is 312 g/mol. The van der Waals surface area contributed by atoms with E-state index < -0.39 is 5.82 Å². The second kappa shape index (κ2) is 5.23. The second-order valence-corrected chi connectivity index (χ2v) is 5.09. The summed E-state index contributed by atoms with van der Waals surface area (Å²) in [5, 5.41) is 2.91. The Bertz CT molecular complexity index is 428. The molecule has 1 aromatic rings. The summed E-state index contributed by atoms with van der Waals surface area (Å²) in [5.41, 5.74) is 0. The first-order chi connectivity index (χ1) is 8.06. The van der Waals surface area contributed by atoms with Crippen LogP contribution in [0.25, 0.3) is 0 Å². The van der Waals surface area contributed by atoms with E-state index in [1.165, 1.54) is 6.07 Å². The summed E-state index contributed by atoms with van der Waals surface area (Å²) >= 11 is 8.94. The van der Waals surface area contributed by atoms with Crippen molar-refractivity contribution >= 4 is 33.4 Å². The van der Waals surface area contributed by atoms with Crippen LogP contribution in [0.2, 0.25) is 5.02 Å². The van der Waals surface area contributed by atoms with Crippen molar-refractivity contribution in [3.63, 3.8) is 0 Å². The number of nitrogens with one attached hydrogen (secondary N) is 1. The molecule has 2 rings (SSSR count). The summed E-state index contributed by atoms with van der Waals surface area (Å²) in [6.07, 6.45) is 2.04. The van der Waals surface area contributed by atoms with Gasteiger partial charge in [0.15, 0.2) is 12.4 Å². The predicted molar refractivity (Wildman–Crippen MR) is 65.8 cm³/mol. The van der Waals surface area contributed by atoms with E-state index in [1.54, 1.807) is 0 Å². The van der Waals surface area contributed by atoms with Crippen molar-refractivity contribution < 1.29 is 13.9 Å². The number of hydrogen-bond acceptors (Lipinski definition) is 2. The van der Waals surface area contributed by atoms with Gasteiger partial charge < -0.3 is 10.1 Å². The van der Waals surface area contributed by atoms with Crippen LogP contribution in [-0.2, 0) is 4.79 Å². The molecule has 0 saturated heterocycles. The van der Waals surface area contributed by atoms with Crippen molar-refractivity contribution in [3.8, 4) is 5.75 Å². The Kier molecular flexibility index (Phi) is 3.89. The number of halogens is 3. The fraction of sp³-hybridized carbons (Fsp3) is 0.364. The van der Waals surface area contributed by atoms with Gasteiger partial charge in [0.1, 0.15) is 5.82 Å². The minimum atomic E-state index is -0.461. The van der Waals surface area contributed by atoms with Gasteiger partial charge in [-0.15, -0.1) is 0 Å². The van der Waals surface area contributed by atoms with Crippen LogP contribution in [-0.4, -0.2) is 18.6 Å². The van der Waals surface area contributed by atoms with Crippen molar-refractivity contribution in [2.45, 2.75) is 18.9 Å². The Morgan fingerprint density at radius 3 is 2.88 bits per heavy atom. The van der Waals surface area contributed by atoms with E-state index in [4.69, 9.17) is 16.3 Å². The molecule has 1 fully saturated rings. The second-order valence-electron chi connectivity index (χ2n) is 3.83. The average molecular weight is 323 g/mol. The summed E-state index contributed by atoms with van der Waals surface area (Å²) in [4.78, 5) is 11.4. The number of benzene rings is 1. The molecule has 17 heavy (non-hydrogen) atoms. The molecule has 0 aromatic heterocycles. The minimum absolute atomic E-state index is 0.125. The van der Waals surface area contributed by atoms with Crippen LogP contribution in [0.15, 0.2) is 16.6 Å². The highest BCUT2D eigenvalue weighted by Crippen LogP contribution is 2.33. The first-order valence-corrected chi connectivity index (χ1v) is 6.30. The zero-order chi connectivity index (χ0) is 12.4. The quantitative estimate of drug-likeness (QED) is 0.925. The number of amides is 1. The lowest BCUT2D eigenvalue weighted by Gasteiger charge is -2.10. The van der Waals surface area contributed by atoms with Crippen molar-refractivity contribution in [1.29, 1.82) is 0 Å². The van der Waals surface area contributed by atoms with Crippen LogP contribution in [0.4, 0.5) is 4.39 Å². The Morgan fingerprint density at radius 2 is 2.29 bits per heavy atom.